The van der Waals surface area contributed by atoms with Crippen LogP contribution in [0.3, 0.4) is 0 Å². The summed E-state index contributed by atoms with van der Waals surface area (Å²) < 4.78 is 34.5. The quantitative estimate of drug-likeness (QED) is 0.149. The number of pyridine rings is 1. The number of rotatable bonds is 7. The highest BCUT2D eigenvalue weighted by molar-refractivity contribution is 6.31. The number of methoxy groups -OCH3 is 1. The van der Waals surface area contributed by atoms with E-state index in [0.717, 1.165) is 39.6 Å². The van der Waals surface area contributed by atoms with Crippen molar-refractivity contribution in [2.45, 2.75) is 40.0 Å². The number of aromatic nitrogens is 1. The summed E-state index contributed by atoms with van der Waals surface area (Å²) in [7, 11) is 1.61. The van der Waals surface area contributed by atoms with Crippen LogP contribution in [0.15, 0.2) is 65.7 Å². The molecule has 0 spiro atoms. The monoisotopic (exact) mass is 533 g/mol. The fraction of sp³-hybridized carbons (Fsp3) is 0.226. The minimum atomic E-state index is -0.803. The molecule has 4 aromatic rings. The zero-order chi connectivity index (χ0) is 27.6. The van der Waals surface area contributed by atoms with Gasteiger partial charge in [0.1, 0.15) is 23.1 Å². The third kappa shape index (κ3) is 5.70. The number of aryl methyl sites for hydroxylation is 2. The third-order valence-corrected chi connectivity index (χ3v) is 6.94. The molecule has 1 atom stereocenters. The van der Waals surface area contributed by atoms with E-state index >= 15 is 0 Å². The molecule has 0 fully saturated rings. The Balaban J connectivity index is 1.87. The Morgan fingerprint density at radius 2 is 1.71 bits per heavy atom. The van der Waals surface area contributed by atoms with Gasteiger partial charge in [0.15, 0.2) is 0 Å². The van der Waals surface area contributed by atoms with Crippen LogP contribution in [0.4, 0.5) is 14.5 Å². The molecule has 196 valence electrons. The van der Waals surface area contributed by atoms with Crippen LogP contribution in [0.2, 0.25) is 5.02 Å². The highest BCUT2D eigenvalue weighted by Crippen LogP contribution is 2.37. The predicted octanol–water partition coefficient (Wildman–Crippen LogP) is 8.00. The molecular formula is C31H30ClF2N3O. The summed E-state index contributed by atoms with van der Waals surface area (Å²) in [6, 6.07) is 18.2. The molecule has 1 heterocycles. The largest absolute Gasteiger partial charge is 0.494 e. The van der Waals surface area contributed by atoms with Crippen molar-refractivity contribution in [3.63, 3.8) is 0 Å². The number of halogens is 3. The number of aliphatic imine (C=N–C) groups is 1. The first-order chi connectivity index (χ1) is 18.1. The van der Waals surface area contributed by atoms with Crippen molar-refractivity contribution >= 4 is 23.1 Å². The van der Waals surface area contributed by atoms with Gasteiger partial charge in [-0.15, -0.1) is 0 Å². The van der Waals surface area contributed by atoms with Gasteiger partial charge < -0.3 is 10.5 Å². The number of ether oxygens (including phenoxy) is 1. The average molecular weight is 534 g/mol. The molecule has 4 nitrogen and oxygen atoms in total. The molecule has 4 rings (SSSR count). The summed E-state index contributed by atoms with van der Waals surface area (Å²) in [6.07, 6.45) is 0.606. The Labute approximate surface area is 227 Å². The van der Waals surface area contributed by atoms with Gasteiger partial charge in [-0.3, -0.25) is 4.98 Å². The molecule has 0 aliphatic rings. The van der Waals surface area contributed by atoms with Gasteiger partial charge in [-0.05, 0) is 80.1 Å². The van der Waals surface area contributed by atoms with Crippen molar-refractivity contribution in [1.29, 1.82) is 0 Å². The van der Waals surface area contributed by atoms with Gasteiger partial charge in [0.25, 0.3) is 0 Å². The molecule has 0 bridgehead atoms. The normalized spacial score (nSPS) is 12.5. The molecular weight excluding hydrogens is 504 g/mol. The van der Waals surface area contributed by atoms with Crippen LogP contribution in [-0.4, -0.2) is 17.9 Å². The molecule has 0 aliphatic carbocycles. The van der Waals surface area contributed by atoms with Crippen LogP contribution >= 0.6 is 11.6 Å². The summed E-state index contributed by atoms with van der Waals surface area (Å²) in [4.78, 5) is 9.38. The van der Waals surface area contributed by atoms with Gasteiger partial charge in [-0.25, -0.2) is 13.8 Å². The number of nitrogens with zero attached hydrogens (tertiary/aromatic N) is 2. The van der Waals surface area contributed by atoms with Crippen LogP contribution < -0.4 is 10.5 Å². The van der Waals surface area contributed by atoms with Gasteiger partial charge in [-0.1, -0.05) is 48.0 Å². The van der Waals surface area contributed by atoms with Crippen LogP contribution in [0.1, 0.15) is 46.4 Å². The molecule has 0 saturated heterocycles. The van der Waals surface area contributed by atoms with Crippen molar-refractivity contribution in [3.8, 4) is 17.0 Å². The Morgan fingerprint density at radius 1 is 1.00 bits per heavy atom. The van der Waals surface area contributed by atoms with E-state index < -0.39 is 11.6 Å². The minimum absolute atomic E-state index is 0.150. The van der Waals surface area contributed by atoms with E-state index in [1.807, 2.05) is 51.1 Å². The van der Waals surface area contributed by atoms with Gasteiger partial charge in [0.05, 0.1) is 23.7 Å². The Hall–Kier alpha value is -3.77. The van der Waals surface area contributed by atoms with Crippen molar-refractivity contribution in [2.75, 3.05) is 7.11 Å². The lowest BCUT2D eigenvalue weighted by Gasteiger charge is -2.21. The highest BCUT2D eigenvalue weighted by atomic mass is 35.5. The highest BCUT2D eigenvalue weighted by Gasteiger charge is 2.22. The van der Waals surface area contributed by atoms with Crippen molar-refractivity contribution in [2.24, 2.45) is 10.7 Å². The fourth-order valence-corrected chi connectivity index (χ4v) is 4.80. The molecule has 0 radical (unpaired) electrons. The summed E-state index contributed by atoms with van der Waals surface area (Å²) in [5.74, 6) is -0.581. The topological polar surface area (TPSA) is 60.5 Å². The lowest BCUT2D eigenvalue weighted by Crippen LogP contribution is -2.10. The third-order valence-electron chi connectivity index (χ3n) is 6.65. The van der Waals surface area contributed by atoms with E-state index in [0.29, 0.717) is 29.4 Å². The van der Waals surface area contributed by atoms with Crippen LogP contribution in [0.5, 0.6) is 5.75 Å². The molecule has 2 N–H and O–H groups in total. The average Bonchev–Trinajstić information content (AvgIpc) is 2.88. The molecule has 7 heteroatoms. The molecule has 3 aromatic carbocycles. The standard InChI is InChI=1S/C31H30ClF2N3O/c1-17-12-28(37-31(19(17)3)24-15-25(32)27(34)16-26(24)33)23(22-9-7-6-8-10-22)13-21-11-18(2)30(36-20(4)35)29(14-21)38-5/h6-12,14-16,23H,13H2,1-5H3,(H2,35,36). The molecule has 38 heavy (non-hydrogen) atoms. The Kier molecular flexibility index (Phi) is 8.12. The summed E-state index contributed by atoms with van der Waals surface area (Å²) in [5, 5.41) is -0.150. The summed E-state index contributed by atoms with van der Waals surface area (Å²) in [6.45, 7) is 7.55. The van der Waals surface area contributed by atoms with E-state index in [2.05, 4.69) is 23.2 Å². The van der Waals surface area contributed by atoms with E-state index in [1.54, 1.807) is 14.0 Å². The number of benzene rings is 3. The summed E-state index contributed by atoms with van der Waals surface area (Å²) in [5.41, 5.74) is 12.7. The first-order valence-electron chi connectivity index (χ1n) is 12.2. The van der Waals surface area contributed by atoms with Crippen molar-refractivity contribution in [3.05, 3.63) is 111 Å². The van der Waals surface area contributed by atoms with Crippen molar-refractivity contribution in [1.82, 2.24) is 4.98 Å². The van der Waals surface area contributed by atoms with Crippen LogP contribution in [-0.2, 0) is 6.42 Å². The lowest BCUT2D eigenvalue weighted by atomic mass is 9.86. The first kappa shape index (κ1) is 27.3. The van der Waals surface area contributed by atoms with E-state index in [1.165, 1.54) is 6.07 Å². The van der Waals surface area contributed by atoms with Gasteiger partial charge in [0, 0.05) is 23.2 Å². The fourth-order valence-electron chi connectivity index (χ4n) is 4.63. The van der Waals surface area contributed by atoms with Crippen molar-refractivity contribution < 1.29 is 13.5 Å². The smallest absolute Gasteiger partial charge is 0.145 e. The first-order valence-corrected chi connectivity index (χ1v) is 12.6. The van der Waals surface area contributed by atoms with Crippen LogP contribution in [0, 0.1) is 32.4 Å². The number of nitrogens with two attached hydrogens (primary N) is 1. The molecule has 0 aliphatic heterocycles. The van der Waals surface area contributed by atoms with E-state index in [9.17, 15) is 8.78 Å². The SMILES string of the molecule is COc1cc(CC(c2ccccc2)c2cc(C)c(C)c(-c3cc(Cl)c(F)cc3F)n2)cc(C)c1N=C(C)N. The van der Waals surface area contributed by atoms with E-state index in [-0.39, 0.29) is 16.5 Å². The maximum absolute atomic E-state index is 14.9. The number of hydrogen-bond donors (Lipinski definition) is 1. The number of amidine groups is 1. The maximum Gasteiger partial charge on any atom is 0.145 e. The second kappa shape index (κ2) is 11.3. The van der Waals surface area contributed by atoms with E-state index in [4.69, 9.17) is 27.1 Å². The second-order valence-electron chi connectivity index (χ2n) is 9.47. The summed E-state index contributed by atoms with van der Waals surface area (Å²) >= 11 is 6.02. The molecule has 0 amide bonds. The Morgan fingerprint density at radius 3 is 2.37 bits per heavy atom. The molecule has 1 unspecified atom stereocenters. The predicted molar refractivity (Wildman–Crippen MR) is 151 cm³/mol. The minimum Gasteiger partial charge on any atom is -0.494 e. The molecule has 1 aromatic heterocycles. The zero-order valence-electron chi connectivity index (χ0n) is 22.1. The van der Waals surface area contributed by atoms with Crippen LogP contribution in [0.25, 0.3) is 11.3 Å². The maximum atomic E-state index is 14.9. The van der Waals surface area contributed by atoms with Gasteiger partial charge in [-0.2, -0.15) is 0 Å². The lowest BCUT2D eigenvalue weighted by molar-refractivity contribution is 0.415. The molecule has 0 saturated carbocycles. The van der Waals surface area contributed by atoms with Gasteiger partial charge >= 0.3 is 0 Å². The second-order valence-corrected chi connectivity index (χ2v) is 9.88. The number of hydrogen-bond acceptors (Lipinski definition) is 3. The Bertz CT molecular complexity index is 1520. The zero-order valence-corrected chi connectivity index (χ0v) is 22.8. The van der Waals surface area contributed by atoms with Gasteiger partial charge in [0.2, 0.25) is 0 Å².